The zero-order valence-electron chi connectivity index (χ0n) is 17.3. The minimum absolute atomic E-state index is 0.0512. The number of nitrogens with zero attached hydrogens (tertiary/aromatic N) is 2. The van der Waals surface area contributed by atoms with Crippen molar-refractivity contribution >= 4 is 12.1 Å². The van der Waals surface area contributed by atoms with Gasteiger partial charge in [0.2, 0.25) is 0 Å². The lowest BCUT2D eigenvalue weighted by Gasteiger charge is -2.16. The number of para-hydroxylation sites is 1. The molecule has 1 amide bonds. The Morgan fingerprint density at radius 1 is 1.13 bits per heavy atom. The van der Waals surface area contributed by atoms with Crippen LogP contribution >= 0.6 is 0 Å². The first-order chi connectivity index (χ1) is 15.2. The maximum Gasteiger partial charge on any atom is 0.258 e. The number of amides is 1. The molecule has 158 valence electrons. The molecule has 1 aliphatic heterocycles. The highest BCUT2D eigenvalue weighted by atomic mass is 16.5. The maximum atomic E-state index is 12.5. The van der Waals surface area contributed by atoms with E-state index in [1.807, 2.05) is 42.5 Å². The summed E-state index contributed by atoms with van der Waals surface area (Å²) >= 11 is 0. The number of pyridine rings is 1. The van der Waals surface area contributed by atoms with E-state index in [-0.39, 0.29) is 11.9 Å². The first-order valence-electron chi connectivity index (χ1n) is 10.2. The van der Waals surface area contributed by atoms with E-state index in [0.29, 0.717) is 18.7 Å². The number of rotatable bonds is 7. The number of aryl methyl sites for hydroxylation is 1. The van der Waals surface area contributed by atoms with Gasteiger partial charge in [-0.05, 0) is 37.1 Å². The number of ether oxygens (including phenoxy) is 1. The number of hydrogen-bond acceptors (Lipinski definition) is 6. The molecule has 7 heteroatoms. The SMILES string of the molecule is Cc1ccc(COc2ccccc2C2CC(C(=O)N/N=C/c3ccccn3)NN2)cc1. The lowest BCUT2D eigenvalue weighted by Crippen LogP contribution is -2.41. The van der Waals surface area contributed by atoms with Crippen molar-refractivity contribution in [2.45, 2.75) is 32.0 Å². The number of hydrogen-bond donors (Lipinski definition) is 3. The van der Waals surface area contributed by atoms with Crippen LogP contribution in [0.5, 0.6) is 5.75 Å². The van der Waals surface area contributed by atoms with Crippen LogP contribution in [0.15, 0.2) is 78.0 Å². The van der Waals surface area contributed by atoms with Crippen LogP contribution in [0.25, 0.3) is 0 Å². The van der Waals surface area contributed by atoms with E-state index in [2.05, 4.69) is 57.6 Å². The summed E-state index contributed by atoms with van der Waals surface area (Å²) in [4.78, 5) is 16.6. The standard InChI is InChI=1S/C24H25N5O2/c1-17-9-11-18(12-10-17)16-31-23-8-3-2-7-20(23)21-14-22(28-27-21)24(30)29-26-15-19-6-4-5-13-25-19/h2-13,15,21-22,27-28H,14,16H2,1H3,(H,29,30)/b26-15+. The summed E-state index contributed by atoms with van der Waals surface area (Å²) in [5.74, 6) is 0.594. The monoisotopic (exact) mass is 415 g/mol. The van der Waals surface area contributed by atoms with Crippen molar-refractivity contribution in [2.75, 3.05) is 0 Å². The molecule has 0 bridgehead atoms. The molecule has 0 spiro atoms. The Morgan fingerprint density at radius 3 is 2.74 bits per heavy atom. The van der Waals surface area contributed by atoms with Gasteiger partial charge in [-0.1, -0.05) is 54.1 Å². The second-order valence-corrected chi connectivity index (χ2v) is 7.43. The van der Waals surface area contributed by atoms with Crippen LogP contribution < -0.4 is 21.0 Å². The van der Waals surface area contributed by atoms with Gasteiger partial charge in [0, 0.05) is 11.8 Å². The molecule has 2 aromatic carbocycles. The zero-order valence-corrected chi connectivity index (χ0v) is 17.3. The molecule has 1 aromatic heterocycles. The summed E-state index contributed by atoms with van der Waals surface area (Å²) in [6, 6.07) is 21.2. The normalized spacial score (nSPS) is 18.2. The number of hydrazine groups is 1. The van der Waals surface area contributed by atoms with Gasteiger partial charge in [-0.2, -0.15) is 5.10 Å². The predicted octanol–water partition coefficient (Wildman–Crippen LogP) is 3.03. The molecule has 1 saturated heterocycles. The van der Waals surface area contributed by atoms with Crippen molar-refractivity contribution in [1.82, 2.24) is 21.3 Å². The number of aromatic nitrogens is 1. The van der Waals surface area contributed by atoms with Gasteiger partial charge in [0.15, 0.2) is 0 Å². The number of carbonyl (C=O) groups excluding carboxylic acids is 1. The molecular weight excluding hydrogens is 390 g/mol. The third kappa shape index (κ3) is 5.53. The number of nitrogens with one attached hydrogen (secondary N) is 3. The summed E-state index contributed by atoms with van der Waals surface area (Å²) in [7, 11) is 0. The van der Waals surface area contributed by atoms with Crippen LogP contribution in [0, 0.1) is 6.92 Å². The van der Waals surface area contributed by atoms with Gasteiger partial charge < -0.3 is 4.74 Å². The third-order valence-electron chi connectivity index (χ3n) is 5.09. The molecule has 2 unspecified atom stereocenters. The molecule has 0 aliphatic carbocycles. The number of hydrazone groups is 1. The molecule has 0 radical (unpaired) electrons. The van der Waals surface area contributed by atoms with Crippen molar-refractivity contribution < 1.29 is 9.53 Å². The molecule has 1 fully saturated rings. The van der Waals surface area contributed by atoms with Gasteiger partial charge in [0.05, 0.1) is 18.0 Å². The van der Waals surface area contributed by atoms with Gasteiger partial charge in [-0.25, -0.2) is 16.3 Å². The molecule has 7 nitrogen and oxygen atoms in total. The smallest absolute Gasteiger partial charge is 0.258 e. The Labute approximate surface area is 181 Å². The minimum atomic E-state index is -0.406. The van der Waals surface area contributed by atoms with Crippen LogP contribution in [-0.4, -0.2) is 23.1 Å². The van der Waals surface area contributed by atoms with E-state index < -0.39 is 6.04 Å². The van der Waals surface area contributed by atoms with Crippen LogP contribution in [0.1, 0.15) is 34.8 Å². The van der Waals surface area contributed by atoms with Crippen molar-refractivity contribution in [3.8, 4) is 5.75 Å². The van der Waals surface area contributed by atoms with Gasteiger partial charge in [-0.3, -0.25) is 9.78 Å². The summed E-state index contributed by atoms with van der Waals surface area (Å²) in [5.41, 5.74) is 12.8. The Bertz CT molecular complexity index is 1040. The van der Waals surface area contributed by atoms with Crippen molar-refractivity contribution in [3.63, 3.8) is 0 Å². The summed E-state index contributed by atoms with van der Waals surface area (Å²) in [6.45, 7) is 2.55. The van der Waals surface area contributed by atoms with Crippen LogP contribution in [0.3, 0.4) is 0 Å². The summed E-state index contributed by atoms with van der Waals surface area (Å²) in [5, 5.41) is 3.99. The second-order valence-electron chi connectivity index (χ2n) is 7.43. The van der Waals surface area contributed by atoms with Crippen LogP contribution in [0.2, 0.25) is 0 Å². The third-order valence-corrected chi connectivity index (χ3v) is 5.09. The summed E-state index contributed by atoms with van der Waals surface area (Å²) in [6.07, 6.45) is 3.77. The lowest BCUT2D eigenvalue weighted by atomic mass is 10.0. The lowest BCUT2D eigenvalue weighted by molar-refractivity contribution is -0.122. The number of benzene rings is 2. The first-order valence-corrected chi connectivity index (χ1v) is 10.2. The Kier molecular flexibility index (Phi) is 6.66. The molecule has 2 heterocycles. The Morgan fingerprint density at radius 2 is 1.94 bits per heavy atom. The molecule has 4 rings (SSSR count). The number of carbonyl (C=O) groups is 1. The molecule has 2 atom stereocenters. The van der Waals surface area contributed by atoms with Crippen LogP contribution in [0.4, 0.5) is 0 Å². The van der Waals surface area contributed by atoms with Gasteiger partial charge in [0.1, 0.15) is 18.4 Å². The first kappa shape index (κ1) is 20.7. The van der Waals surface area contributed by atoms with Gasteiger partial charge in [0.25, 0.3) is 5.91 Å². The summed E-state index contributed by atoms with van der Waals surface area (Å²) < 4.78 is 6.09. The maximum absolute atomic E-state index is 12.5. The van der Waals surface area contributed by atoms with Crippen molar-refractivity contribution in [2.24, 2.45) is 5.10 Å². The fourth-order valence-electron chi connectivity index (χ4n) is 3.37. The molecule has 1 aliphatic rings. The molecular formula is C24H25N5O2. The molecule has 31 heavy (non-hydrogen) atoms. The average Bonchev–Trinajstić information content (AvgIpc) is 3.30. The largest absolute Gasteiger partial charge is 0.489 e. The second kappa shape index (κ2) is 9.97. The van der Waals surface area contributed by atoms with Gasteiger partial charge in [-0.15, -0.1) is 0 Å². The van der Waals surface area contributed by atoms with E-state index in [1.165, 1.54) is 11.8 Å². The Balaban J connectivity index is 1.35. The van der Waals surface area contributed by atoms with E-state index in [1.54, 1.807) is 6.20 Å². The zero-order chi connectivity index (χ0) is 21.5. The molecule has 0 saturated carbocycles. The topological polar surface area (TPSA) is 87.6 Å². The highest BCUT2D eigenvalue weighted by Gasteiger charge is 2.31. The highest BCUT2D eigenvalue weighted by molar-refractivity contribution is 5.84. The van der Waals surface area contributed by atoms with E-state index in [9.17, 15) is 4.79 Å². The van der Waals surface area contributed by atoms with E-state index in [4.69, 9.17) is 4.74 Å². The van der Waals surface area contributed by atoms with E-state index in [0.717, 1.165) is 16.9 Å². The fourth-order valence-corrected chi connectivity index (χ4v) is 3.37. The Hall–Kier alpha value is -3.55. The average molecular weight is 415 g/mol. The molecule has 3 N–H and O–H groups in total. The fraction of sp³-hybridized carbons (Fsp3) is 0.208. The molecule has 3 aromatic rings. The predicted molar refractivity (Wildman–Crippen MR) is 119 cm³/mol. The van der Waals surface area contributed by atoms with Crippen molar-refractivity contribution in [3.05, 3.63) is 95.3 Å². The van der Waals surface area contributed by atoms with E-state index >= 15 is 0 Å². The van der Waals surface area contributed by atoms with Crippen LogP contribution in [-0.2, 0) is 11.4 Å². The minimum Gasteiger partial charge on any atom is -0.489 e. The quantitative estimate of drug-likeness (QED) is 0.408. The highest BCUT2D eigenvalue weighted by Crippen LogP contribution is 2.30. The van der Waals surface area contributed by atoms with Crippen molar-refractivity contribution in [1.29, 1.82) is 0 Å². The van der Waals surface area contributed by atoms with Gasteiger partial charge >= 0.3 is 0 Å².